The van der Waals surface area contributed by atoms with Crippen LogP contribution in [0.5, 0.6) is 0 Å². The Labute approximate surface area is 167 Å². The molecule has 0 aliphatic carbocycles. The topological polar surface area (TPSA) is 45.5 Å². The van der Waals surface area contributed by atoms with Gasteiger partial charge in [-0.25, -0.2) is 4.98 Å². The molecule has 0 amide bonds. The zero-order valence-corrected chi connectivity index (χ0v) is 17.2. The van der Waals surface area contributed by atoms with E-state index in [0.717, 1.165) is 31.4 Å². The summed E-state index contributed by atoms with van der Waals surface area (Å²) in [5, 5.41) is 3.47. The molecule has 5 nitrogen and oxygen atoms in total. The van der Waals surface area contributed by atoms with E-state index in [0.29, 0.717) is 0 Å². The molecule has 0 saturated carbocycles. The van der Waals surface area contributed by atoms with Crippen molar-refractivity contribution >= 4 is 5.96 Å². The Balaban J connectivity index is 1.59. The molecule has 0 bridgehead atoms. The van der Waals surface area contributed by atoms with Gasteiger partial charge >= 0.3 is 0 Å². The lowest BCUT2D eigenvalue weighted by Gasteiger charge is -2.22. The van der Waals surface area contributed by atoms with Gasteiger partial charge in [-0.2, -0.15) is 0 Å². The number of imidazole rings is 1. The maximum atomic E-state index is 4.43. The minimum atomic E-state index is 0.738. The van der Waals surface area contributed by atoms with E-state index in [1.807, 2.05) is 26.4 Å². The lowest BCUT2D eigenvalue weighted by atomic mass is 10.1. The van der Waals surface area contributed by atoms with Gasteiger partial charge in [0.05, 0.1) is 0 Å². The number of aliphatic imine (C=N–C) groups is 1. The summed E-state index contributed by atoms with van der Waals surface area (Å²) in [5.74, 6) is 1.91. The Morgan fingerprint density at radius 3 is 2.50 bits per heavy atom. The summed E-state index contributed by atoms with van der Waals surface area (Å²) in [6.45, 7) is 6.53. The van der Waals surface area contributed by atoms with Gasteiger partial charge < -0.3 is 14.8 Å². The van der Waals surface area contributed by atoms with Gasteiger partial charge in [-0.15, -0.1) is 0 Å². The van der Waals surface area contributed by atoms with Crippen molar-refractivity contribution in [1.29, 1.82) is 0 Å². The Hall–Kier alpha value is -3.08. The highest BCUT2D eigenvalue weighted by atomic mass is 15.3. The van der Waals surface area contributed by atoms with E-state index in [-0.39, 0.29) is 0 Å². The fourth-order valence-corrected chi connectivity index (χ4v) is 3.21. The van der Waals surface area contributed by atoms with Crippen LogP contribution in [0.25, 0.3) is 0 Å². The lowest BCUT2D eigenvalue weighted by Crippen LogP contribution is -2.38. The quantitative estimate of drug-likeness (QED) is 0.527. The predicted octanol–water partition coefficient (Wildman–Crippen LogP) is 3.76. The van der Waals surface area contributed by atoms with Crippen molar-refractivity contribution in [3.05, 3.63) is 89.0 Å². The van der Waals surface area contributed by atoms with Crippen molar-refractivity contribution in [3.63, 3.8) is 0 Å². The predicted molar refractivity (Wildman–Crippen MR) is 115 cm³/mol. The standard InChI is InChI=1S/C23H29N5/c1-18-8-10-20(11-9-18)16-27(4)23(24-3)26-15-21-6-5-7-22(14-21)17-28-13-12-25-19(28)2/h5-14H,15-17H2,1-4H3,(H,24,26). The summed E-state index contributed by atoms with van der Waals surface area (Å²) in [5.41, 5.74) is 5.05. The minimum Gasteiger partial charge on any atom is -0.352 e. The van der Waals surface area contributed by atoms with Crippen LogP contribution in [0, 0.1) is 13.8 Å². The van der Waals surface area contributed by atoms with Crippen molar-refractivity contribution < 1.29 is 0 Å². The van der Waals surface area contributed by atoms with Crippen molar-refractivity contribution in [3.8, 4) is 0 Å². The summed E-state index contributed by atoms with van der Waals surface area (Å²) < 4.78 is 2.15. The molecule has 0 spiro atoms. The Bertz CT molecular complexity index is 924. The first-order valence-electron chi connectivity index (χ1n) is 9.58. The summed E-state index contributed by atoms with van der Waals surface area (Å²) >= 11 is 0. The molecule has 3 aromatic rings. The van der Waals surface area contributed by atoms with Crippen LogP contribution in [0.1, 0.15) is 28.1 Å². The van der Waals surface area contributed by atoms with Gasteiger partial charge in [-0.05, 0) is 30.5 Å². The van der Waals surface area contributed by atoms with E-state index in [9.17, 15) is 0 Å². The molecule has 1 aromatic heterocycles. The third kappa shape index (κ3) is 5.22. The van der Waals surface area contributed by atoms with E-state index >= 15 is 0 Å². The second-order valence-corrected chi connectivity index (χ2v) is 7.16. The summed E-state index contributed by atoms with van der Waals surface area (Å²) in [6, 6.07) is 17.3. The van der Waals surface area contributed by atoms with Gasteiger partial charge in [-0.3, -0.25) is 4.99 Å². The van der Waals surface area contributed by atoms with Crippen LogP contribution in [-0.4, -0.2) is 34.5 Å². The Morgan fingerprint density at radius 1 is 1.07 bits per heavy atom. The van der Waals surface area contributed by atoms with Crippen LogP contribution >= 0.6 is 0 Å². The smallest absolute Gasteiger partial charge is 0.193 e. The highest BCUT2D eigenvalue weighted by Gasteiger charge is 2.07. The minimum absolute atomic E-state index is 0.738. The van der Waals surface area contributed by atoms with Gasteiger partial charge in [0, 0.05) is 46.1 Å². The Kier molecular flexibility index (Phi) is 6.48. The number of guanidine groups is 1. The van der Waals surface area contributed by atoms with Crippen LogP contribution in [0.3, 0.4) is 0 Å². The van der Waals surface area contributed by atoms with E-state index in [2.05, 4.69) is 87.3 Å². The van der Waals surface area contributed by atoms with Crippen LogP contribution in [0.15, 0.2) is 65.9 Å². The van der Waals surface area contributed by atoms with Gasteiger partial charge in [0.1, 0.15) is 5.82 Å². The second kappa shape index (κ2) is 9.22. The number of hydrogen-bond acceptors (Lipinski definition) is 2. The molecule has 2 aromatic carbocycles. The highest BCUT2D eigenvalue weighted by Crippen LogP contribution is 2.10. The zero-order chi connectivity index (χ0) is 19.9. The number of benzene rings is 2. The summed E-state index contributed by atoms with van der Waals surface area (Å²) in [7, 11) is 3.89. The number of hydrogen-bond donors (Lipinski definition) is 1. The molecule has 146 valence electrons. The largest absolute Gasteiger partial charge is 0.352 e. The third-order valence-corrected chi connectivity index (χ3v) is 4.83. The number of aryl methyl sites for hydroxylation is 2. The fourth-order valence-electron chi connectivity index (χ4n) is 3.21. The molecule has 0 aliphatic heterocycles. The zero-order valence-electron chi connectivity index (χ0n) is 17.2. The number of nitrogens with zero attached hydrogens (tertiary/aromatic N) is 4. The molecule has 3 rings (SSSR count). The molecule has 0 atom stereocenters. The fraction of sp³-hybridized carbons (Fsp3) is 0.304. The van der Waals surface area contributed by atoms with Crippen molar-refractivity contribution in [1.82, 2.24) is 19.8 Å². The number of rotatable bonds is 6. The molecule has 28 heavy (non-hydrogen) atoms. The molecule has 5 heteroatoms. The van der Waals surface area contributed by atoms with Crippen molar-refractivity contribution in [2.45, 2.75) is 33.5 Å². The molecule has 0 fully saturated rings. The van der Waals surface area contributed by atoms with E-state index in [4.69, 9.17) is 0 Å². The molecular weight excluding hydrogens is 346 g/mol. The molecule has 0 radical (unpaired) electrons. The van der Waals surface area contributed by atoms with Crippen molar-refractivity contribution in [2.24, 2.45) is 4.99 Å². The SMILES string of the molecule is CN=C(NCc1cccc(Cn2ccnc2C)c1)N(C)Cc1ccc(C)cc1. The Morgan fingerprint density at radius 2 is 1.82 bits per heavy atom. The molecule has 0 unspecified atom stereocenters. The van der Waals surface area contributed by atoms with Gasteiger partial charge in [-0.1, -0.05) is 54.1 Å². The van der Waals surface area contributed by atoms with Gasteiger partial charge in [0.15, 0.2) is 5.96 Å². The van der Waals surface area contributed by atoms with Crippen LogP contribution < -0.4 is 5.32 Å². The first-order chi connectivity index (χ1) is 13.5. The number of aromatic nitrogens is 2. The highest BCUT2D eigenvalue weighted by molar-refractivity contribution is 5.79. The normalized spacial score (nSPS) is 11.5. The average molecular weight is 376 g/mol. The molecular formula is C23H29N5. The van der Waals surface area contributed by atoms with Crippen LogP contribution in [-0.2, 0) is 19.6 Å². The van der Waals surface area contributed by atoms with Gasteiger partial charge in [0.2, 0.25) is 0 Å². The lowest BCUT2D eigenvalue weighted by molar-refractivity contribution is 0.476. The van der Waals surface area contributed by atoms with Crippen LogP contribution in [0.2, 0.25) is 0 Å². The second-order valence-electron chi connectivity index (χ2n) is 7.16. The van der Waals surface area contributed by atoms with E-state index < -0.39 is 0 Å². The summed E-state index contributed by atoms with van der Waals surface area (Å²) in [4.78, 5) is 10.9. The maximum Gasteiger partial charge on any atom is 0.193 e. The van der Waals surface area contributed by atoms with Gasteiger partial charge in [0.25, 0.3) is 0 Å². The van der Waals surface area contributed by atoms with E-state index in [1.54, 1.807) is 0 Å². The molecule has 0 aliphatic rings. The molecule has 1 N–H and O–H groups in total. The van der Waals surface area contributed by atoms with Crippen LogP contribution in [0.4, 0.5) is 0 Å². The molecule has 1 heterocycles. The average Bonchev–Trinajstić information content (AvgIpc) is 3.09. The first-order valence-corrected chi connectivity index (χ1v) is 9.58. The number of nitrogens with one attached hydrogen (secondary N) is 1. The maximum absolute atomic E-state index is 4.43. The third-order valence-electron chi connectivity index (χ3n) is 4.83. The first kappa shape index (κ1) is 19.7. The van der Waals surface area contributed by atoms with Crippen molar-refractivity contribution in [2.75, 3.05) is 14.1 Å². The van der Waals surface area contributed by atoms with E-state index in [1.165, 1.54) is 22.3 Å². The summed E-state index contributed by atoms with van der Waals surface area (Å²) in [6.07, 6.45) is 3.86. The molecule has 0 saturated heterocycles. The monoisotopic (exact) mass is 375 g/mol.